The third kappa shape index (κ3) is 3.72. The van der Waals surface area contributed by atoms with E-state index in [0.29, 0.717) is 0 Å². The van der Waals surface area contributed by atoms with Crippen LogP contribution in [0.4, 0.5) is 13.2 Å². The van der Waals surface area contributed by atoms with Crippen molar-refractivity contribution in [3.05, 3.63) is 35.4 Å². The van der Waals surface area contributed by atoms with Crippen LogP contribution < -0.4 is 0 Å². The Kier molecular flexibility index (Phi) is 5.56. The molecule has 20 heavy (non-hydrogen) atoms. The number of hydrogen-bond donors (Lipinski definition) is 1. The fourth-order valence-corrected chi connectivity index (χ4v) is 2.00. The van der Waals surface area contributed by atoms with E-state index in [1.54, 1.807) is 13.8 Å². The molecule has 0 bridgehead atoms. The average molecular weight is 290 g/mol. The lowest BCUT2D eigenvalue weighted by atomic mass is 9.90. The van der Waals surface area contributed by atoms with Gasteiger partial charge in [0.25, 0.3) is 0 Å². The van der Waals surface area contributed by atoms with Crippen molar-refractivity contribution < 1.29 is 27.8 Å². The number of alkyl halides is 3. The van der Waals surface area contributed by atoms with E-state index in [9.17, 15) is 23.1 Å². The molecule has 1 rings (SSSR count). The zero-order valence-corrected chi connectivity index (χ0v) is 11.3. The van der Waals surface area contributed by atoms with Crippen molar-refractivity contribution in [2.24, 2.45) is 5.92 Å². The monoisotopic (exact) mass is 290 g/mol. The molecule has 0 amide bonds. The number of benzene rings is 1. The van der Waals surface area contributed by atoms with Crippen LogP contribution in [0, 0.1) is 5.92 Å². The number of hydrogen-bond acceptors (Lipinski definition) is 3. The maximum absolute atomic E-state index is 12.9. The van der Waals surface area contributed by atoms with Gasteiger partial charge >= 0.3 is 12.1 Å². The minimum Gasteiger partial charge on any atom is -0.466 e. The highest BCUT2D eigenvalue weighted by atomic mass is 19.4. The fraction of sp³-hybridized carbons (Fsp3) is 0.500. The summed E-state index contributed by atoms with van der Waals surface area (Å²) >= 11 is 0. The molecule has 0 fully saturated rings. The Balaban J connectivity index is 3.13. The van der Waals surface area contributed by atoms with Crippen molar-refractivity contribution >= 4 is 5.97 Å². The summed E-state index contributed by atoms with van der Waals surface area (Å²) < 4.78 is 43.5. The zero-order valence-electron chi connectivity index (χ0n) is 11.3. The second-order valence-corrected chi connectivity index (χ2v) is 4.30. The lowest BCUT2D eigenvalue weighted by molar-refractivity contribution is -0.154. The zero-order chi connectivity index (χ0) is 15.3. The number of aliphatic hydroxyl groups is 1. The van der Waals surface area contributed by atoms with Crippen molar-refractivity contribution in [1.82, 2.24) is 0 Å². The Hall–Kier alpha value is -1.56. The highest BCUT2D eigenvalue weighted by Crippen LogP contribution is 2.37. The molecule has 3 nitrogen and oxygen atoms in total. The van der Waals surface area contributed by atoms with E-state index in [1.807, 2.05) is 0 Å². The van der Waals surface area contributed by atoms with Gasteiger partial charge in [0.2, 0.25) is 0 Å². The third-order valence-corrected chi connectivity index (χ3v) is 3.00. The lowest BCUT2D eigenvalue weighted by Crippen LogP contribution is -2.26. The molecule has 0 saturated carbocycles. The van der Waals surface area contributed by atoms with Gasteiger partial charge < -0.3 is 9.84 Å². The Labute approximate surface area is 115 Å². The maximum atomic E-state index is 12.9. The van der Waals surface area contributed by atoms with Gasteiger partial charge in [-0.1, -0.05) is 25.1 Å². The molecular weight excluding hydrogens is 273 g/mol. The average Bonchev–Trinajstić information content (AvgIpc) is 2.38. The van der Waals surface area contributed by atoms with Gasteiger partial charge in [-0.3, -0.25) is 4.79 Å². The van der Waals surface area contributed by atoms with Gasteiger partial charge in [0.15, 0.2) is 0 Å². The van der Waals surface area contributed by atoms with Crippen molar-refractivity contribution in [3.8, 4) is 0 Å². The molecular formula is C14H17F3O3. The molecule has 2 unspecified atom stereocenters. The van der Waals surface area contributed by atoms with Crippen molar-refractivity contribution in [2.45, 2.75) is 32.5 Å². The summed E-state index contributed by atoms with van der Waals surface area (Å²) in [5.41, 5.74) is -1.24. The molecule has 0 spiro atoms. The van der Waals surface area contributed by atoms with Crippen LogP contribution in [-0.4, -0.2) is 17.7 Å². The largest absolute Gasteiger partial charge is 0.466 e. The topological polar surface area (TPSA) is 46.5 Å². The van der Waals surface area contributed by atoms with Gasteiger partial charge in [-0.2, -0.15) is 13.2 Å². The third-order valence-electron chi connectivity index (χ3n) is 3.00. The molecule has 0 radical (unpaired) electrons. The number of carbonyl (C=O) groups is 1. The van der Waals surface area contributed by atoms with E-state index in [-0.39, 0.29) is 18.6 Å². The molecule has 0 aliphatic heterocycles. The summed E-state index contributed by atoms with van der Waals surface area (Å²) in [6.45, 7) is 3.32. The molecule has 0 aromatic heterocycles. The first-order valence-electron chi connectivity index (χ1n) is 6.33. The highest BCUT2D eigenvalue weighted by molar-refractivity contribution is 5.73. The number of esters is 1. The van der Waals surface area contributed by atoms with Crippen LogP contribution in [0.1, 0.15) is 37.5 Å². The normalized spacial score (nSPS) is 14.7. The summed E-state index contributed by atoms with van der Waals surface area (Å²) in [4.78, 5) is 11.7. The maximum Gasteiger partial charge on any atom is 0.416 e. The molecule has 0 aliphatic rings. The van der Waals surface area contributed by atoms with Gasteiger partial charge in [-0.05, 0) is 25.0 Å². The molecule has 1 aromatic carbocycles. The van der Waals surface area contributed by atoms with Crippen LogP contribution in [0.15, 0.2) is 24.3 Å². The molecule has 112 valence electrons. The first-order chi connectivity index (χ1) is 9.32. The summed E-state index contributed by atoms with van der Waals surface area (Å²) in [7, 11) is 0. The van der Waals surface area contributed by atoms with Crippen LogP contribution in [0.2, 0.25) is 0 Å². The first kappa shape index (κ1) is 16.5. The van der Waals surface area contributed by atoms with Crippen LogP contribution >= 0.6 is 0 Å². The summed E-state index contributed by atoms with van der Waals surface area (Å²) in [5.74, 6) is -1.71. The van der Waals surface area contributed by atoms with E-state index < -0.39 is 29.7 Å². The molecule has 2 atom stereocenters. The number of rotatable bonds is 5. The Morgan fingerprint density at radius 2 is 1.90 bits per heavy atom. The Morgan fingerprint density at radius 1 is 1.30 bits per heavy atom. The number of carbonyl (C=O) groups excluding carboxylic acids is 1. The van der Waals surface area contributed by atoms with Crippen molar-refractivity contribution in [3.63, 3.8) is 0 Å². The first-order valence-corrected chi connectivity index (χ1v) is 6.33. The fourth-order valence-electron chi connectivity index (χ4n) is 2.00. The quantitative estimate of drug-likeness (QED) is 0.846. The van der Waals surface area contributed by atoms with Gasteiger partial charge in [0.05, 0.1) is 24.2 Å². The molecule has 0 heterocycles. The van der Waals surface area contributed by atoms with Crippen molar-refractivity contribution in [2.75, 3.05) is 6.61 Å². The smallest absolute Gasteiger partial charge is 0.416 e. The Bertz CT molecular complexity index is 457. The molecule has 6 heteroatoms. The Morgan fingerprint density at radius 3 is 2.40 bits per heavy atom. The number of aliphatic hydroxyl groups excluding tert-OH is 1. The van der Waals surface area contributed by atoms with Gasteiger partial charge in [0, 0.05) is 0 Å². The number of halogens is 3. The van der Waals surface area contributed by atoms with Crippen LogP contribution in [0.25, 0.3) is 0 Å². The summed E-state index contributed by atoms with van der Waals surface area (Å²) in [6, 6.07) is 4.70. The number of ether oxygens (including phenoxy) is 1. The van der Waals surface area contributed by atoms with Crippen LogP contribution in [-0.2, 0) is 15.7 Å². The molecule has 1 N–H and O–H groups in total. The van der Waals surface area contributed by atoms with E-state index >= 15 is 0 Å². The van der Waals surface area contributed by atoms with E-state index in [4.69, 9.17) is 4.74 Å². The van der Waals surface area contributed by atoms with E-state index in [1.165, 1.54) is 18.2 Å². The van der Waals surface area contributed by atoms with E-state index in [0.717, 1.165) is 6.07 Å². The van der Waals surface area contributed by atoms with E-state index in [2.05, 4.69) is 0 Å². The van der Waals surface area contributed by atoms with Crippen molar-refractivity contribution in [1.29, 1.82) is 0 Å². The van der Waals surface area contributed by atoms with Crippen LogP contribution in [0.3, 0.4) is 0 Å². The highest BCUT2D eigenvalue weighted by Gasteiger charge is 2.37. The SMILES string of the molecule is CCOC(=O)C(CC)C(O)c1ccccc1C(F)(F)F. The predicted octanol–water partition coefficient (Wildman–Crippen LogP) is 3.33. The standard InChI is InChI=1S/C14H17F3O3/c1-3-9(13(19)20-4-2)12(18)10-7-5-6-8-11(10)14(15,16)17/h5-9,12,18H,3-4H2,1-2H3. The minimum absolute atomic E-state index is 0.114. The predicted molar refractivity (Wildman–Crippen MR) is 66.8 cm³/mol. The van der Waals surface area contributed by atoms with Gasteiger partial charge in [-0.25, -0.2) is 0 Å². The minimum atomic E-state index is -4.58. The molecule has 0 saturated heterocycles. The van der Waals surface area contributed by atoms with Gasteiger partial charge in [0.1, 0.15) is 0 Å². The summed E-state index contributed by atoms with van der Waals surface area (Å²) in [5, 5.41) is 10.1. The van der Waals surface area contributed by atoms with Gasteiger partial charge in [-0.15, -0.1) is 0 Å². The second-order valence-electron chi connectivity index (χ2n) is 4.30. The summed E-state index contributed by atoms with van der Waals surface area (Å²) in [6.07, 6.45) is -5.94. The molecule has 1 aromatic rings. The second kappa shape index (κ2) is 6.74. The lowest BCUT2D eigenvalue weighted by Gasteiger charge is -2.23. The molecule has 0 aliphatic carbocycles. The van der Waals surface area contributed by atoms with Crippen LogP contribution in [0.5, 0.6) is 0 Å².